The summed E-state index contributed by atoms with van der Waals surface area (Å²) in [4.78, 5) is 14.5. The van der Waals surface area contributed by atoms with Crippen molar-refractivity contribution in [1.29, 1.82) is 0 Å². The van der Waals surface area contributed by atoms with Gasteiger partial charge in [0, 0.05) is 12.7 Å². The highest BCUT2D eigenvalue weighted by Gasteiger charge is 2.25. The van der Waals surface area contributed by atoms with Crippen molar-refractivity contribution >= 4 is 5.91 Å². The fraction of sp³-hybridized carbons (Fsp3) is 0.158. The average Bonchev–Trinajstić information content (AvgIpc) is 3.03. The molecule has 0 unspecified atom stereocenters. The third kappa shape index (κ3) is 3.16. The highest BCUT2D eigenvalue weighted by Crippen LogP contribution is 2.28. The molecule has 1 aromatic heterocycles. The number of H-pyrrole nitrogens is 1. The molecule has 0 spiro atoms. The third-order valence-electron chi connectivity index (χ3n) is 3.86. The van der Waals surface area contributed by atoms with Crippen molar-refractivity contribution in [1.82, 2.24) is 15.1 Å². The first-order valence-corrected chi connectivity index (χ1v) is 7.56. The van der Waals surface area contributed by atoms with E-state index in [0.717, 1.165) is 16.8 Å². The van der Waals surface area contributed by atoms with Gasteiger partial charge in [-0.3, -0.25) is 9.89 Å². The van der Waals surface area contributed by atoms with Crippen molar-refractivity contribution in [2.75, 3.05) is 7.05 Å². The highest BCUT2D eigenvalue weighted by atomic mass is 16.2. The number of amides is 1. The smallest absolute Gasteiger partial charge is 0.274 e. The molecule has 0 bridgehead atoms. The van der Waals surface area contributed by atoms with E-state index < -0.39 is 0 Å². The molecular formula is C19H19N3O. The van der Waals surface area contributed by atoms with Gasteiger partial charge >= 0.3 is 0 Å². The second-order valence-electron chi connectivity index (χ2n) is 5.58. The molecule has 4 heteroatoms. The van der Waals surface area contributed by atoms with Gasteiger partial charge < -0.3 is 4.90 Å². The van der Waals surface area contributed by atoms with Gasteiger partial charge in [0.05, 0.1) is 6.04 Å². The number of hydrogen-bond donors (Lipinski definition) is 1. The summed E-state index contributed by atoms with van der Waals surface area (Å²) in [5.74, 6) is -0.105. The minimum absolute atomic E-state index is 0.105. The summed E-state index contributed by atoms with van der Waals surface area (Å²) in [5, 5.41) is 6.92. The summed E-state index contributed by atoms with van der Waals surface area (Å²) in [7, 11) is 1.82. The van der Waals surface area contributed by atoms with Crippen LogP contribution in [-0.2, 0) is 0 Å². The third-order valence-corrected chi connectivity index (χ3v) is 3.86. The quantitative estimate of drug-likeness (QED) is 0.801. The van der Waals surface area contributed by atoms with Gasteiger partial charge in [-0.15, -0.1) is 0 Å². The maximum absolute atomic E-state index is 12.8. The molecule has 4 nitrogen and oxygen atoms in total. The summed E-state index contributed by atoms with van der Waals surface area (Å²) in [5.41, 5.74) is 3.45. The lowest BCUT2D eigenvalue weighted by Crippen LogP contribution is -2.32. The van der Waals surface area contributed by atoms with E-state index in [1.165, 1.54) is 0 Å². The average molecular weight is 305 g/mol. The Balaban J connectivity index is 2.00. The molecule has 0 aliphatic carbocycles. The van der Waals surface area contributed by atoms with Gasteiger partial charge in [0.25, 0.3) is 5.91 Å². The normalized spacial score (nSPS) is 10.7. The van der Waals surface area contributed by atoms with E-state index >= 15 is 0 Å². The van der Waals surface area contributed by atoms with Crippen LogP contribution in [0.1, 0.15) is 33.4 Å². The van der Waals surface area contributed by atoms with E-state index in [0.29, 0.717) is 5.69 Å². The number of aryl methyl sites for hydroxylation is 1. The minimum atomic E-state index is -0.151. The van der Waals surface area contributed by atoms with Crippen LogP contribution < -0.4 is 0 Å². The molecule has 1 N–H and O–H groups in total. The lowest BCUT2D eigenvalue weighted by Gasteiger charge is -2.28. The largest absolute Gasteiger partial charge is 0.329 e. The topological polar surface area (TPSA) is 49.0 Å². The Hall–Kier alpha value is -2.88. The molecule has 0 aliphatic rings. The summed E-state index contributed by atoms with van der Waals surface area (Å²) in [6.45, 7) is 1.88. The number of carbonyl (C=O) groups excluding carboxylic acids is 1. The number of nitrogens with one attached hydrogen (secondary N) is 1. The van der Waals surface area contributed by atoms with Gasteiger partial charge in [-0.05, 0) is 24.1 Å². The zero-order valence-electron chi connectivity index (χ0n) is 13.2. The van der Waals surface area contributed by atoms with E-state index in [4.69, 9.17) is 0 Å². The van der Waals surface area contributed by atoms with E-state index in [-0.39, 0.29) is 11.9 Å². The van der Waals surface area contributed by atoms with Crippen LogP contribution in [0, 0.1) is 6.92 Å². The maximum Gasteiger partial charge on any atom is 0.274 e. The minimum Gasteiger partial charge on any atom is -0.329 e. The predicted molar refractivity (Wildman–Crippen MR) is 90.1 cm³/mol. The summed E-state index contributed by atoms with van der Waals surface area (Å²) < 4.78 is 0. The zero-order valence-corrected chi connectivity index (χ0v) is 13.2. The molecule has 116 valence electrons. The Morgan fingerprint density at radius 2 is 1.52 bits per heavy atom. The van der Waals surface area contributed by atoms with Gasteiger partial charge in [0.1, 0.15) is 5.69 Å². The number of benzene rings is 2. The summed E-state index contributed by atoms with van der Waals surface area (Å²) in [6, 6.07) is 21.7. The number of aromatic amines is 1. The van der Waals surface area contributed by atoms with Crippen LogP contribution in [0.25, 0.3) is 0 Å². The van der Waals surface area contributed by atoms with Crippen LogP contribution in [0.3, 0.4) is 0 Å². The maximum atomic E-state index is 12.8. The molecule has 3 aromatic rings. The molecule has 0 saturated carbocycles. The van der Waals surface area contributed by atoms with Gasteiger partial charge in [-0.2, -0.15) is 5.10 Å². The van der Waals surface area contributed by atoms with Crippen molar-refractivity contribution in [2.24, 2.45) is 0 Å². The molecule has 0 atom stereocenters. The van der Waals surface area contributed by atoms with E-state index in [9.17, 15) is 4.79 Å². The Kier molecular flexibility index (Phi) is 4.24. The highest BCUT2D eigenvalue weighted by molar-refractivity contribution is 5.92. The first kappa shape index (κ1) is 15.0. The van der Waals surface area contributed by atoms with Crippen molar-refractivity contribution in [3.05, 3.63) is 89.2 Å². The lowest BCUT2D eigenvalue weighted by atomic mass is 9.97. The molecule has 1 heterocycles. The molecule has 0 saturated heterocycles. The molecule has 0 fully saturated rings. The fourth-order valence-corrected chi connectivity index (χ4v) is 2.74. The fourth-order valence-electron chi connectivity index (χ4n) is 2.74. The Labute approximate surface area is 135 Å². The number of aromatic nitrogens is 2. The van der Waals surface area contributed by atoms with Crippen LogP contribution in [0.5, 0.6) is 0 Å². The Morgan fingerprint density at radius 3 is 1.96 bits per heavy atom. The molecule has 23 heavy (non-hydrogen) atoms. The Bertz CT molecular complexity index is 741. The summed E-state index contributed by atoms with van der Waals surface area (Å²) >= 11 is 0. The van der Waals surface area contributed by atoms with Crippen LogP contribution in [0.2, 0.25) is 0 Å². The van der Waals surface area contributed by atoms with Crippen LogP contribution in [-0.4, -0.2) is 28.1 Å². The molecule has 2 aromatic carbocycles. The van der Waals surface area contributed by atoms with E-state index in [1.54, 1.807) is 11.0 Å². The molecule has 3 rings (SSSR count). The first-order valence-electron chi connectivity index (χ1n) is 7.56. The molecule has 1 amide bonds. The number of carbonyl (C=O) groups is 1. The standard InChI is InChI=1S/C19H19N3O/c1-14-13-17(21-20-14)19(23)22(2)18(15-9-5-3-6-10-15)16-11-7-4-8-12-16/h3-13,18H,1-2H3,(H,20,21). The first-order chi connectivity index (χ1) is 11.2. The monoisotopic (exact) mass is 305 g/mol. The molecular weight excluding hydrogens is 286 g/mol. The number of nitrogens with zero attached hydrogens (tertiary/aromatic N) is 2. The molecule has 0 radical (unpaired) electrons. The lowest BCUT2D eigenvalue weighted by molar-refractivity contribution is 0.0749. The SMILES string of the molecule is Cc1cc(C(=O)N(C)C(c2ccccc2)c2ccccc2)n[nH]1. The van der Waals surface area contributed by atoms with Gasteiger partial charge in [-0.25, -0.2) is 0 Å². The zero-order chi connectivity index (χ0) is 16.2. The van der Waals surface area contributed by atoms with Crippen molar-refractivity contribution in [2.45, 2.75) is 13.0 Å². The second kappa shape index (κ2) is 6.48. The van der Waals surface area contributed by atoms with Crippen LogP contribution in [0.4, 0.5) is 0 Å². The van der Waals surface area contributed by atoms with Crippen LogP contribution in [0.15, 0.2) is 66.7 Å². The van der Waals surface area contributed by atoms with E-state index in [2.05, 4.69) is 10.2 Å². The summed E-state index contributed by atoms with van der Waals surface area (Å²) in [6.07, 6.45) is 0. The van der Waals surface area contributed by atoms with Crippen LogP contribution >= 0.6 is 0 Å². The predicted octanol–water partition coefficient (Wildman–Crippen LogP) is 3.58. The van der Waals surface area contributed by atoms with Gasteiger partial charge in [0.2, 0.25) is 0 Å². The second-order valence-corrected chi connectivity index (χ2v) is 5.58. The van der Waals surface area contributed by atoms with Gasteiger partial charge in [0.15, 0.2) is 0 Å². The van der Waals surface area contributed by atoms with Crippen molar-refractivity contribution in [3.8, 4) is 0 Å². The number of hydrogen-bond acceptors (Lipinski definition) is 2. The van der Waals surface area contributed by atoms with Crippen molar-refractivity contribution < 1.29 is 4.79 Å². The molecule has 0 aliphatic heterocycles. The number of rotatable bonds is 4. The van der Waals surface area contributed by atoms with E-state index in [1.807, 2.05) is 74.6 Å². The Morgan fingerprint density at radius 1 is 1.00 bits per heavy atom. The van der Waals surface area contributed by atoms with Crippen molar-refractivity contribution in [3.63, 3.8) is 0 Å². The van der Waals surface area contributed by atoms with Gasteiger partial charge in [-0.1, -0.05) is 60.7 Å².